The minimum atomic E-state index is -0.821. The van der Waals surface area contributed by atoms with Crippen LogP contribution in [0, 0.1) is 23.7 Å². The molecule has 0 bridgehead atoms. The van der Waals surface area contributed by atoms with Crippen LogP contribution in [0.1, 0.15) is 52.4 Å². The molecule has 0 aromatic heterocycles. The first kappa shape index (κ1) is 14.4. The predicted octanol–water partition coefficient (Wildman–Crippen LogP) is 2.43. The summed E-state index contributed by atoms with van der Waals surface area (Å²) in [6.07, 6.45) is 6.22. The standard InChI is InChI=1S/C15H25NO3/c1-9-7-12(13(8-9)15(18)19)14(17)16-10(2)11-5-3-4-6-11/h9-13H,3-8H2,1-2H3,(H,16,17)(H,18,19)/t9?,10-,12+,13-/m1/s1. The van der Waals surface area contributed by atoms with Gasteiger partial charge in [0.2, 0.25) is 5.91 Å². The molecule has 2 rings (SSSR count). The van der Waals surface area contributed by atoms with Gasteiger partial charge in [-0.1, -0.05) is 19.8 Å². The predicted molar refractivity (Wildman–Crippen MR) is 72.6 cm³/mol. The maximum Gasteiger partial charge on any atom is 0.307 e. The van der Waals surface area contributed by atoms with Crippen molar-refractivity contribution in [3.8, 4) is 0 Å². The summed E-state index contributed by atoms with van der Waals surface area (Å²) in [6.45, 7) is 4.09. The molecule has 0 saturated heterocycles. The number of carbonyl (C=O) groups excluding carboxylic acids is 1. The smallest absolute Gasteiger partial charge is 0.307 e. The summed E-state index contributed by atoms with van der Waals surface area (Å²) in [5.74, 6) is -0.791. The lowest BCUT2D eigenvalue weighted by atomic mass is 9.93. The minimum Gasteiger partial charge on any atom is -0.481 e. The number of carboxylic acids is 1. The van der Waals surface area contributed by atoms with E-state index in [1.807, 2.05) is 6.92 Å². The van der Waals surface area contributed by atoms with E-state index in [0.29, 0.717) is 24.7 Å². The zero-order chi connectivity index (χ0) is 14.0. The average molecular weight is 267 g/mol. The van der Waals surface area contributed by atoms with E-state index >= 15 is 0 Å². The van der Waals surface area contributed by atoms with Gasteiger partial charge < -0.3 is 10.4 Å². The normalized spacial score (nSPS) is 33.3. The highest BCUT2D eigenvalue weighted by Crippen LogP contribution is 2.37. The Bertz CT molecular complexity index is 349. The number of rotatable bonds is 4. The van der Waals surface area contributed by atoms with Gasteiger partial charge in [-0.05, 0) is 44.4 Å². The molecule has 0 aromatic rings. The van der Waals surface area contributed by atoms with E-state index in [9.17, 15) is 14.7 Å². The van der Waals surface area contributed by atoms with Crippen molar-refractivity contribution < 1.29 is 14.7 Å². The minimum absolute atomic E-state index is 0.0452. The molecule has 2 saturated carbocycles. The molecule has 4 nitrogen and oxygen atoms in total. The van der Waals surface area contributed by atoms with Crippen LogP contribution in [-0.4, -0.2) is 23.0 Å². The lowest BCUT2D eigenvalue weighted by molar-refractivity contribution is -0.146. The zero-order valence-electron chi connectivity index (χ0n) is 11.9. The largest absolute Gasteiger partial charge is 0.481 e. The van der Waals surface area contributed by atoms with Gasteiger partial charge in [-0.15, -0.1) is 0 Å². The van der Waals surface area contributed by atoms with Crippen molar-refractivity contribution in [2.75, 3.05) is 0 Å². The van der Waals surface area contributed by atoms with Crippen LogP contribution < -0.4 is 5.32 Å². The number of carboxylic acid groups (broad SMARTS) is 1. The highest BCUT2D eigenvalue weighted by atomic mass is 16.4. The second-order valence-electron chi connectivity index (χ2n) is 6.47. The molecule has 0 spiro atoms. The summed E-state index contributed by atoms with van der Waals surface area (Å²) in [4.78, 5) is 23.5. The molecular weight excluding hydrogens is 242 g/mol. The van der Waals surface area contributed by atoms with Crippen LogP contribution in [0.2, 0.25) is 0 Å². The van der Waals surface area contributed by atoms with Crippen molar-refractivity contribution >= 4 is 11.9 Å². The molecule has 2 N–H and O–H groups in total. The summed E-state index contributed by atoms with van der Waals surface area (Å²) in [5.41, 5.74) is 0. The molecule has 1 unspecified atom stereocenters. The topological polar surface area (TPSA) is 66.4 Å². The Balaban J connectivity index is 1.92. The summed E-state index contributed by atoms with van der Waals surface area (Å²) in [5, 5.41) is 12.3. The van der Waals surface area contributed by atoms with Gasteiger partial charge in [-0.2, -0.15) is 0 Å². The van der Waals surface area contributed by atoms with Gasteiger partial charge in [-0.3, -0.25) is 9.59 Å². The maximum atomic E-state index is 12.3. The Hall–Kier alpha value is -1.06. The monoisotopic (exact) mass is 267 g/mol. The third-order valence-electron chi connectivity index (χ3n) is 4.93. The molecule has 2 aliphatic rings. The molecule has 4 heteroatoms. The fourth-order valence-corrected chi connectivity index (χ4v) is 3.76. The Labute approximate surface area is 115 Å². The SMILES string of the molecule is CC1C[C@H](C(=O)N[C@H](C)C2CCCC2)[C@H](C(=O)O)C1. The second-order valence-corrected chi connectivity index (χ2v) is 6.47. The van der Waals surface area contributed by atoms with Gasteiger partial charge in [0.1, 0.15) is 0 Å². The van der Waals surface area contributed by atoms with E-state index in [4.69, 9.17) is 0 Å². The molecule has 0 aromatic carbocycles. The Morgan fingerprint density at radius 2 is 1.74 bits per heavy atom. The van der Waals surface area contributed by atoms with Crippen molar-refractivity contribution in [3.63, 3.8) is 0 Å². The summed E-state index contributed by atoms with van der Waals surface area (Å²) < 4.78 is 0. The molecule has 2 aliphatic carbocycles. The van der Waals surface area contributed by atoms with Crippen LogP contribution in [0.25, 0.3) is 0 Å². The fourth-order valence-electron chi connectivity index (χ4n) is 3.76. The molecule has 4 atom stereocenters. The Kier molecular flexibility index (Phi) is 4.48. The van der Waals surface area contributed by atoms with Gasteiger partial charge in [0.25, 0.3) is 0 Å². The number of hydrogen-bond donors (Lipinski definition) is 2. The zero-order valence-corrected chi connectivity index (χ0v) is 11.9. The van der Waals surface area contributed by atoms with Crippen molar-refractivity contribution in [1.29, 1.82) is 0 Å². The number of nitrogens with one attached hydrogen (secondary N) is 1. The van der Waals surface area contributed by atoms with Gasteiger partial charge in [-0.25, -0.2) is 0 Å². The third kappa shape index (κ3) is 3.28. The van der Waals surface area contributed by atoms with Crippen LogP contribution in [0.3, 0.4) is 0 Å². The van der Waals surface area contributed by atoms with Gasteiger partial charge in [0.05, 0.1) is 11.8 Å². The second kappa shape index (κ2) is 5.93. The van der Waals surface area contributed by atoms with Crippen molar-refractivity contribution in [1.82, 2.24) is 5.32 Å². The van der Waals surface area contributed by atoms with E-state index in [1.165, 1.54) is 25.7 Å². The average Bonchev–Trinajstić information content (AvgIpc) is 2.96. The maximum absolute atomic E-state index is 12.3. The van der Waals surface area contributed by atoms with Crippen molar-refractivity contribution in [2.24, 2.45) is 23.7 Å². The van der Waals surface area contributed by atoms with Gasteiger partial charge in [0, 0.05) is 6.04 Å². The van der Waals surface area contributed by atoms with Crippen LogP contribution >= 0.6 is 0 Å². The number of carbonyl (C=O) groups is 2. The van der Waals surface area contributed by atoms with Crippen LogP contribution in [0.15, 0.2) is 0 Å². The molecule has 1 amide bonds. The third-order valence-corrected chi connectivity index (χ3v) is 4.93. The first-order chi connectivity index (χ1) is 8.99. The van der Waals surface area contributed by atoms with Gasteiger partial charge >= 0.3 is 5.97 Å². The van der Waals surface area contributed by atoms with E-state index in [-0.39, 0.29) is 17.9 Å². The highest BCUT2D eigenvalue weighted by molar-refractivity contribution is 5.85. The molecule has 0 heterocycles. The van der Waals surface area contributed by atoms with E-state index in [2.05, 4.69) is 12.2 Å². The van der Waals surface area contributed by atoms with Crippen LogP contribution in [0.5, 0.6) is 0 Å². The summed E-state index contributed by atoms with van der Waals surface area (Å²) >= 11 is 0. The summed E-state index contributed by atoms with van der Waals surface area (Å²) in [6, 6.07) is 0.181. The molecule has 0 aliphatic heterocycles. The lowest BCUT2D eigenvalue weighted by Gasteiger charge is -2.23. The van der Waals surface area contributed by atoms with Crippen molar-refractivity contribution in [3.05, 3.63) is 0 Å². The van der Waals surface area contributed by atoms with Crippen LogP contribution in [0.4, 0.5) is 0 Å². The van der Waals surface area contributed by atoms with E-state index in [1.54, 1.807) is 0 Å². The Morgan fingerprint density at radius 1 is 1.16 bits per heavy atom. The van der Waals surface area contributed by atoms with Gasteiger partial charge in [0.15, 0.2) is 0 Å². The Morgan fingerprint density at radius 3 is 2.32 bits per heavy atom. The molecule has 2 fully saturated rings. The van der Waals surface area contributed by atoms with Crippen molar-refractivity contribution in [2.45, 2.75) is 58.4 Å². The van der Waals surface area contributed by atoms with E-state index < -0.39 is 11.9 Å². The number of aliphatic carboxylic acids is 1. The first-order valence-corrected chi connectivity index (χ1v) is 7.52. The van der Waals surface area contributed by atoms with E-state index in [0.717, 1.165) is 0 Å². The first-order valence-electron chi connectivity index (χ1n) is 7.52. The molecular formula is C15H25NO3. The lowest BCUT2D eigenvalue weighted by Crippen LogP contribution is -2.42. The fraction of sp³-hybridized carbons (Fsp3) is 0.867. The quantitative estimate of drug-likeness (QED) is 0.822. The summed E-state index contributed by atoms with van der Waals surface area (Å²) in [7, 11) is 0. The number of amides is 1. The molecule has 0 radical (unpaired) electrons. The molecule has 108 valence electrons. The molecule has 19 heavy (non-hydrogen) atoms. The highest BCUT2D eigenvalue weighted by Gasteiger charge is 2.41. The number of hydrogen-bond acceptors (Lipinski definition) is 2. The van der Waals surface area contributed by atoms with Crippen LogP contribution in [-0.2, 0) is 9.59 Å².